The first-order chi connectivity index (χ1) is 12.8. The average Bonchev–Trinajstić information content (AvgIpc) is 2.67. The highest BCUT2D eigenvalue weighted by atomic mass is 16.6. The summed E-state index contributed by atoms with van der Waals surface area (Å²) < 4.78 is 10.1. The Labute approximate surface area is 158 Å². The first kappa shape index (κ1) is 20.2. The Bertz CT molecular complexity index is 787. The van der Waals surface area contributed by atoms with Gasteiger partial charge in [0, 0.05) is 12.0 Å². The van der Waals surface area contributed by atoms with Crippen molar-refractivity contribution in [1.29, 1.82) is 0 Å². The van der Waals surface area contributed by atoms with Crippen LogP contribution in [-0.2, 0) is 20.7 Å². The number of Topliss-reactive ketones (excluding diaryl/α,β-unsaturated/α-hetero) is 1. The molecule has 1 amide bonds. The molecule has 27 heavy (non-hydrogen) atoms. The molecule has 0 unspecified atom stereocenters. The molecular formula is C21H23NO5. The van der Waals surface area contributed by atoms with Crippen LogP contribution in [0, 0.1) is 0 Å². The van der Waals surface area contributed by atoms with Crippen LogP contribution < -0.4 is 5.32 Å². The van der Waals surface area contributed by atoms with Crippen LogP contribution in [0.15, 0.2) is 60.7 Å². The van der Waals surface area contributed by atoms with Crippen molar-refractivity contribution in [3.05, 3.63) is 71.8 Å². The van der Waals surface area contributed by atoms with Crippen molar-refractivity contribution in [2.24, 2.45) is 0 Å². The number of carbonyl (C=O) groups excluding carboxylic acids is 3. The summed E-state index contributed by atoms with van der Waals surface area (Å²) in [7, 11) is 1.25. The van der Waals surface area contributed by atoms with Crippen molar-refractivity contribution in [2.75, 3.05) is 7.11 Å². The quantitative estimate of drug-likeness (QED) is 0.599. The lowest BCUT2D eigenvalue weighted by Gasteiger charge is -2.25. The fourth-order valence-corrected chi connectivity index (χ4v) is 2.57. The van der Waals surface area contributed by atoms with Gasteiger partial charge < -0.3 is 14.8 Å². The number of amides is 1. The normalized spacial score (nSPS) is 12.0. The number of esters is 1. The Hall–Kier alpha value is -3.15. The second-order valence-corrected chi connectivity index (χ2v) is 6.50. The Morgan fingerprint density at radius 1 is 0.963 bits per heavy atom. The van der Waals surface area contributed by atoms with E-state index in [1.807, 2.05) is 30.3 Å². The van der Waals surface area contributed by atoms with Gasteiger partial charge in [0.25, 0.3) is 0 Å². The molecule has 0 saturated carbocycles. The van der Waals surface area contributed by atoms with E-state index in [9.17, 15) is 14.4 Å². The molecule has 0 bridgehead atoms. The third-order valence-corrected chi connectivity index (χ3v) is 3.99. The van der Waals surface area contributed by atoms with Gasteiger partial charge in [0.1, 0.15) is 6.04 Å². The third-order valence-electron chi connectivity index (χ3n) is 3.99. The van der Waals surface area contributed by atoms with E-state index < -0.39 is 23.7 Å². The van der Waals surface area contributed by atoms with Crippen LogP contribution in [0.5, 0.6) is 0 Å². The van der Waals surface area contributed by atoms with Gasteiger partial charge in [-0.2, -0.15) is 0 Å². The number of ketones is 1. The summed E-state index contributed by atoms with van der Waals surface area (Å²) in [6.07, 6.45) is -0.619. The van der Waals surface area contributed by atoms with E-state index in [-0.39, 0.29) is 12.2 Å². The molecule has 142 valence electrons. The molecule has 0 heterocycles. The van der Waals surface area contributed by atoms with E-state index in [2.05, 4.69) is 5.32 Å². The van der Waals surface area contributed by atoms with Gasteiger partial charge in [0.2, 0.25) is 5.78 Å². The van der Waals surface area contributed by atoms with E-state index in [0.717, 1.165) is 5.56 Å². The minimum Gasteiger partial charge on any atom is -0.467 e. The summed E-state index contributed by atoms with van der Waals surface area (Å²) in [5.74, 6) is -0.932. The van der Waals surface area contributed by atoms with Crippen LogP contribution in [0.1, 0.15) is 29.8 Å². The number of hydrogen-bond donors (Lipinski definition) is 1. The minimum absolute atomic E-state index is 0.246. The third kappa shape index (κ3) is 5.67. The number of methoxy groups -OCH3 is 1. The number of benzene rings is 2. The predicted molar refractivity (Wildman–Crippen MR) is 100 cm³/mol. The fourth-order valence-electron chi connectivity index (χ4n) is 2.57. The van der Waals surface area contributed by atoms with Crippen molar-refractivity contribution in [2.45, 2.75) is 31.9 Å². The monoisotopic (exact) mass is 369 g/mol. The lowest BCUT2D eigenvalue weighted by atomic mass is 9.97. The van der Waals surface area contributed by atoms with Crippen molar-refractivity contribution in [3.63, 3.8) is 0 Å². The zero-order chi connectivity index (χ0) is 19.9. The van der Waals surface area contributed by atoms with Gasteiger partial charge in [-0.05, 0) is 19.4 Å². The highest BCUT2D eigenvalue weighted by molar-refractivity contribution is 6.02. The lowest BCUT2D eigenvalue weighted by molar-refractivity contribution is -0.143. The molecule has 1 atom stereocenters. The van der Waals surface area contributed by atoms with Crippen LogP contribution in [0.25, 0.3) is 0 Å². The predicted octanol–water partition coefficient (Wildman–Crippen LogP) is 3.16. The second-order valence-electron chi connectivity index (χ2n) is 6.50. The molecule has 1 N–H and O–H groups in total. The van der Waals surface area contributed by atoms with E-state index >= 15 is 0 Å². The summed E-state index contributed by atoms with van der Waals surface area (Å²) in [5, 5.41) is 2.49. The Kier molecular flexibility index (Phi) is 6.71. The van der Waals surface area contributed by atoms with Crippen LogP contribution >= 0.6 is 0 Å². The minimum atomic E-state index is -1.39. The van der Waals surface area contributed by atoms with Crippen molar-refractivity contribution < 1.29 is 23.9 Å². The zero-order valence-corrected chi connectivity index (χ0v) is 15.6. The maximum atomic E-state index is 12.6. The summed E-state index contributed by atoms with van der Waals surface area (Å²) >= 11 is 0. The van der Waals surface area contributed by atoms with Gasteiger partial charge >= 0.3 is 12.1 Å². The van der Waals surface area contributed by atoms with E-state index in [1.54, 1.807) is 30.3 Å². The molecule has 0 saturated heterocycles. The van der Waals surface area contributed by atoms with Crippen LogP contribution in [-0.4, -0.2) is 36.6 Å². The molecule has 2 rings (SSSR count). The van der Waals surface area contributed by atoms with Gasteiger partial charge in [-0.1, -0.05) is 60.7 Å². The zero-order valence-electron chi connectivity index (χ0n) is 15.6. The first-order valence-corrected chi connectivity index (χ1v) is 8.54. The SMILES string of the molecule is COC(=O)[C@H](Cc1ccccc1)NC(=O)OC(C)(C)C(=O)c1ccccc1. The molecule has 0 radical (unpaired) electrons. The van der Waals surface area contributed by atoms with Crippen molar-refractivity contribution >= 4 is 17.8 Å². The molecule has 0 aliphatic heterocycles. The van der Waals surface area contributed by atoms with E-state index in [0.29, 0.717) is 5.56 Å². The van der Waals surface area contributed by atoms with E-state index in [4.69, 9.17) is 9.47 Å². The topological polar surface area (TPSA) is 81.7 Å². The van der Waals surface area contributed by atoms with Crippen molar-refractivity contribution in [1.82, 2.24) is 5.32 Å². The standard InChI is InChI=1S/C21H23NO5/c1-21(2,18(23)16-12-8-5-9-13-16)27-20(25)22-17(19(24)26-3)14-15-10-6-4-7-11-15/h4-13,17H,14H2,1-3H3,(H,22,25)/t17-/m0/s1. The van der Waals surface area contributed by atoms with Gasteiger partial charge in [-0.3, -0.25) is 4.79 Å². The van der Waals surface area contributed by atoms with E-state index in [1.165, 1.54) is 21.0 Å². The fraction of sp³-hybridized carbons (Fsp3) is 0.286. The molecular weight excluding hydrogens is 346 g/mol. The molecule has 0 aromatic heterocycles. The summed E-state index contributed by atoms with van der Waals surface area (Å²) in [4.78, 5) is 36.9. The molecule has 2 aromatic carbocycles. The number of carbonyl (C=O) groups is 3. The number of ether oxygens (including phenoxy) is 2. The molecule has 6 nitrogen and oxygen atoms in total. The van der Waals surface area contributed by atoms with Gasteiger partial charge in [0.15, 0.2) is 5.60 Å². The maximum Gasteiger partial charge on any atom is 0.408 e. The highest BCUT2D eigenvalue weighted by Crippen LogP contribution is 2.17. The van der Waals surface area contributed by atoms with Gasteiger partial charge in [-0.25, -0.2) is 9.59 Å². The summed E-state index contributed by atoms with van der Waals surface area (Å²) in [6, 6.07) is 16.8. The Morgan fingerprint density at radius 2 is 1.52 bits per heavy atom. The van der Waals surface area contributed by atoms with Crippen molar-refractivity contribution in [3.8, 4) is 0 Å². The number of hydrogen-bond acceptors (Lipinski definition) is 5. The number of alkyl carbamates (subject to hydrolysis) is 1. The molecule has 0 fully saturated rings. The average molecular weight is 369 g/mol. The Morgan fingerprint density at radius 3 is 2.07 bits per heavy atom. The highest BCUT2D eigenvalue weighted by Gasteiger charge is 2.34. The number of rotatable bonds is 7. The molecule has 0 aliphatic carbocycles. The van der Waals surface area contributed by atoms with Gasteiger partial charge in [-0.15, -0.1) is 0 Å². The lowest BCUT2D eigenvalue weighted by Crippen LogP contribution is -2.47. The maximum absolute atomic E-state index is 12.6. The molecule has 0 spiro atoms. The van der Waals surface area contributed by atoms with Crippen LogP contribution in [0.3, 0.4) is 0 Å². The summed E-state index contributed by atoms with van der Waals surface area (Å²) in [6.45, 7) is 3.01. The molecule has 6 heteroatoms. The van der Waals surface area contributed by atoms with Crippen LogP contribution in [0.4, 0.5) is 4.79 Å². The number of nitrogens with one attached hydrogen (secondary N) is 1. The van der Waals surface area contributed by atoms with Gasteiger partial charge in [0.05, 0.1) is 7.11 Å². The second kappa shape index (κ2) is 8.98. The largest absolute Gasteiger partial charge is 0.467 e. The first-order valence-electron chi connectivity index (χ1n) is 8.54. The smallest absolute Gasteiger partial charge is 0.408 e. The summed E-state index contributed by atoms with van der Waals surface area (Å²) in [5.41, 5.74) is -0.101. The Balaban J connectivity index is 2.06. The van der Waals surface area contributed by atoms with Crippen LogP contribution in [0.2, 0.25) is 0 Å². The molecule has 0 aliphatic rings. The molecule has 2 aromatic rings.